The molecule has 2 heteroatoms. The summed E-state index contributed by atoms with van der Waals surface area (Å²) in [6.45, 7) is 3.52. The maximum Gasteiger partial charge on any atom is 0.0783 e. The Labute approximate surface area is 97.5 Å². The third-order valence-electron chi connectivity index (χ3n) is 3.49. The number of rotatable bonds is 2. The van der Waals surface area contributed by atoms with Crippen LogP contribution in [0.4, 0.5) is 0 Å². The Morgan fingerprint density at radius 3 is 2.44 bits per heavy atom. The first-order chi connectivity index (χ1) is 7.48. The van der Waals surface area contributed by atoms with Gasteiger partial charge in [-0.15, -0.1) is 0 Å². The van der Waals surface area contributed by atoms with Crippen molar-refractivity contribution in [2.75, 3.05) is 0 Å². The molecule has 0 radical (unpaired) electrons. The summed E-state index contributed by atoms with van der Waals surface area (Å²) in [4.78, 5) is 0. The van der Waals surface area contributed by atoms with Gasteiger partial charge in [0.15, 0.2) is 0 Å². The maximum absolute atomic E-state index is 9.92. The highest BCUT2D eigenvalue weighted by atomic mass is 16.3. The van der Waals surface area contributed by atoms with Crippen molar-refractivity contribution in [2.24, 2.45) is 5.73 Å². The first kappa shape index (κ1) is 11.6. The summed E-state index contributed by atoms with van der Waals surface area (Å²) < 4.78 is 0. The number of hydrogen-bond acceptors (Lipinski definition) is 2. The molecule has 1 aromatic carbocycles. The van der Waals surface area contributed by atoms with Crippen molar-refractivity contribution in [1.29, 1.82) is 0 Å². The van der Waals surface area contributed by atoms with E-state index in [1.54, 1.807) is 13.8 Å². The van der Waals surface area contributed by atoms with Gasteiger partial charge >= 0.3 is 0 Å². The third-order valence-corrected chi connectivity index (χ3v) is 3.49. The lowest BCUT2D eigenvalue weighted by Crippen LogP contribution is -2.35. The number of nitrogens with two attached hydrogens (primary N) is 1. The van der Waals surface area contributed by atoms with Gasteiger partial charge in [-0.05, 0) is 56.2 Å². The van der Waals surface area contributed by atoms with E-state index < -0.39 is 5.60 Å². The number of aryl methyl sites for hydroxylation is 2. The van der Waals surface area contributed by atoms with E-state index in [0.717, 1.165) is 12.0 Å². The SMILES string of the molecule is CC(C)(O)C(N)c1ccc2c(c1)CCCC2. The minimum Gasteiger partial charge on any atom is -0.388 e. The Kier molecular flexibility index (Phi) is 3.04. The van der Waals surface area contributed by atoms with Gasteiger partial charge in [-0.2, -0.15) is 0 Å². The number of fused-ring (bicyclic) bond motifs is 1. The van der Waals surface area contributed by atoms with E-state index in [1.165, 1.54) is 30.4 Å². The summed E-state index contributed by atoms with van der Waals surface area (Å²) >= 11 is 0. The zero-order chi connectivity index (χ0) is 11.8. The molecule has 88 valence electrons. The van der Waals surface area contributed by atoms with Crippen molar-refractivity contribution in [3.05, 3.63) is 34.9 Å². The molecule has 0 spiro atoms. The van der Waals surface area contributed by atoms with Crippen molar-refractivity contribution in [1.82, 2.24) is 0 Å². The molecular weight excluding hydrogens is 198 g/mol. The molecule has 3 N–H and O–H groups in total. The van der Waals surface area contributed by atoms with Crippen LogP contribution in [-0.2, 0) is 12.8 Å². The summed E-state index contributed by atoms with van der Waals surface area (Å²) in [5.41, 5.74) is 9.12. The molecule has 2 nitrogen and oxygen atoms in total. The van der Waals surface area contributed by atoms with Crippen molar-refractivity contribution in [3.8, 4) is 0 Å². The Morgan fingerprint density at radius 1 is 1.19 bits per heavy atom. The predicted molar refractivity (Wildman–Crippen MR) is 66.3 cm³/mol. The Bertz CT molecular complexity index is 379. The average Bonchev–Trinajstić information content (AvgIpc) is 2.26. The fourth-order valence-corrected chi connectivity index (χ4v) is 2.35. The molecule has 0 bridgehead atoms. The van der Waals surface area contributed by atoms with E-state index in [9.17, 15) is 5.11 Å². The van der Waals surface area contributed by atoms with Crippen LogP contribution in [0.2, 0.25) is 0 Å². The highest BCUT2D eigenvalue weighted by molar-refractivity contribution is 5.35. The van der Waals surface area contributed by atoms with Crippen LogP contribution in [0, 0.1) is 0 Å². The molecule has 0 aromatic heterocycles. The number of aliphatic hydroxyl groups is 1. The molecule has 0 amide bonds. The average molecular weight is 219 g/mol. The molecule has 0 aliphatic heterocycles. The van der Waals surface area contributed by atoms with Crippen molar-refractivity contribution >= 4 is 0 Å². The lowest BCUT2D eigenvalue weighted by molar-refractivity contribution is 0.0517. The minimum atomic E-state index is -0.858. The van der Waals surface area contributed by atoms with E-state index >= 15 is 0 Å². The van der Waals surface area contributed by atoms with Crippen LogP contribution in [0.1, 0.15) is 49.4 Å². The number of benzene rings is 1. The van der Waals surface area contributed by atoms with Crippen molar-refractivity contribution in [2.45, 2.75) is 51.2 Å². The second-order valence-corrected chi connectivity index (χ2v) is 5.37. The monoisotopic (exact) mass is 219 g/mol. The highest BCUT2D eigenvalue weighted by Crippen LogP contribution is 2.28. The second-order valence-electron chi connectivity index (χ2n) is 5.37. The Morgan fingerprint density at radius 2 is 1.81 bits per heavy atom. The zero-order valence-electron chi connectivity index (χ0n) is 10.2. The molecule has 1 aromatic rings. The van der Waals surface area contributed by atoms with Crippen molar-refractivity contribution in [3.63, 3.8) is 0 Å². The molecule has 0 fully saturated rings. The van der Waals surface area contributed by atoms with Gasteiger partial charge in [0.1, 0.15) is 0 Å². The van der Waals surface area contributed by atoms with Gasteiger partial charge in [0.25, 0.3) is 0 Å². The second kappa shape index (κ2) is 4.19. The van der Waals surface area contributed by atoms with E-state index in [0.29, 0.717) is 0 Å². The van der Waals surface area contributed by atoms with Crippen LogP contribution in [-0.4, -0.2) is 10.7 Å². The molecule has 1 aliphatic carbocycles. The standard InChI is InChI=1S/C14H21NO/c1-14(2,16)13(15)12-8-7-10-5-3-4-6-11(10)9-12/h7-9,13,16H,3-6,15H2,1-2H3. The van der Waals surface area contributed by atoms with Gasteiger partial charge in [0.05, 0.1) is 11.6 Å². The lowest BCUT2D eigenvalue weighted by Gasteiger charge is -2.27. The molecule has 2 rings (SSSR count). The Hall–Kier alpha value is -0.860. The molecule has 0 heterocycles. The molecular formula is C14H21NO. The van der Waals surface area contributed by atoms with Crippen LogP contribution in [0.25, 0.3) is 0 Å². The summed E-state index contributed by atoms with van der Waals surface area (Å²) in [5.74, 6) is 0. The molecule has 1 aliphatic rings. The normalized spacial score (nSPS) is 18.0. The smallest absolute Gasteiger partial charge is 0.0783 e. The topological polar surface area (TPSA) is 46.2 Å². The highest BCUT2D eigenvalue weighted by Gasteiger charge is 2.25. The van der Waals surface area contributed by atoms with E-state index in [-0.39, 0.29) is 6.04 Å². The minimum absolute atomic E-state index is 0.306. The first-order valence-electron chi connectivity index (χ1n) is 6.08. The molecule has 16 heavy (non-hydrogen) atoms. The quantitative estimate of drug-likeness (QED) is 0.802. The molecule has 0 saturated heterocycles. The predicted octanol–water partition coefficient (Wildman–Crippen LogP) is 2.34. The van der Waals surface area contributed by atoms with Gasteiger partial charge < -0.3 is 10.8 Å². The van der Waals surface area contributed by atoms with Crippen LogP contribution in [0.3, 0.4) is 0 Å². The van der Waals surface area contributed by atoms with Crippen LogP contribution in [0.5, 0.6) is 0 Å². The van der Waals surface area contributed by atoms with E-state index in [2.05, 4.69) is 18.2 Å². The van der Waals surface area contributed by atoms with Crippen molar-refractivity contribution < 1.29 is 5.11 Å². The molecule has 0 saturated carbocycles. The van der Waals surface area contributed by atoms with E-state index in [4.69, 9.17) is 5.73 Å². The number of hydrogen-bond donors (Lipinski definition) is 2. The summed E-state index contributed by atoms with van der Waals surface area (Å²) in [6.07, 6.45) is 4.91. The fourth-order valence-electron chi connectivity index (χ4n) is 2.35. The first-order valence-corrected chi connectivity index (χ1v) is 6.08. The largest absolute Gasteiger partial charge is 0.388 e. The van der Waals surface area contributed by atoms with Gasteiger partial charge in [-0.25, -0.2) is 0 Å². The van der Waals surface area contributed by atoms with Gasteiger partial charge in [-0.3, -0.25) is 0 Å². The summed E-state index contributed by atoms with van der Waals surface area (Å²) in [5, 5.41) is 9.92. The fraction of sp³-hybridized carbons (Fsp3) is 0.571. The Balaban J connectivity index is 2.30. The van der Waals surface area contributed by atoms with E-state index in [1.807, 2.05) is 0 Å². The lowest BCUT2D eigenvalue weighted by atomic mass is 9.86. The zero-order valence-corrected chi connectivity index (χ0v) is 10.2. The summed E-state index contributed by atoms with van der Waals surface area (Å²) in [7, 11) is 0. The maximum atomic E-state index is 9.92. The van der Waals surface area contributed by atoms with Gasteiger partial charge in [0.2, 0.25) is 0 Å². The third kappa shape index (κ3) is 2.28. The molecule has 1 atom stereocenters. The summed E-state index contributed by atoms with van der Waals surface area (Å²) in [6, 6.07) is 6.11. The van der Waals surface area contributed by atoms with Crippen LogP contribution in [0.15, 0.2) is 18.2 Å². The van der Waals surface area contributed by atoms with Gasteiger partial charge in [0, 0.05) is 0 Å². The van der Waals surface area contributed by atoms with Crippen LogP contribution >= 0.6 is 0 Å². The van der Waals surface area contributed by atoms with Gasteiger partial charge in [-0.1, -0.05) is 18.2 Å². The van der Waals surface area contributed by atoms with Crippen LogP contribution < -0.4 is 5.73 Å². The molecule has 1 unspecified atom stereocenters.